The van der Waals surface area contributed by atoms with E-state index in [1.807, 2.05) is 0 Å². The van der Waals surface area contributed by atoms with Crippen molar-refractivity contribution in [2.45, 2.75) is 37.6 Å². The molecule has 0 radical (unpaired) electrons. The van der Waals surface area contributed by atoms with E-state index >= 15 is 0 Å². The van der Waals surface area contributed by atoms with Crippen molar-refractivity contribution in [3.63, 3.8) is 0 Å². The average Bonchev–Trinajstić information content (AvgIpc) is 2.97. The first kappa shape index (κ1) is 11.0. The van der Waals surface area contributed by atoms with Crippen LogP contribution in [0, 0.1) is 5.92 Å². The summed E-state index contributed by atoms with van der Waals surface area (Å²) in [5.74, 6) is 1.61. The van der Waals surface area contributed by atoms with Crippen LogP contribution in [0.15, 0.2) is 42.0 Å². The molecule has 3 unspecified atom stereocenters. The molecule has 1 nitrogen and oxygen atoms in total. The lowest BCUT2D eigenvalue weighted by Gasteiger charge is -2.18. The van der Waals surface area contributed by atoms with Gasteiger partial charge in [-0.1, -0.05) is 42.0 Å². The monoisotopic (exact) mass is 227 g/mol. The van der Waals surface area contributed by atoms with Crippen molar-refractivity contribution in [3.8, 4) is 0 Å². The quantitative estimate of drug-likeness (QED) is 0.776. The third kappa shape index (κ3) is 2.16. The Morgan fingerprint density at radius 3 is 2.71 bits per heavy atom. The molecule has 1 saturated carbocycles. The number of likely N-dealkylation sites (N-methyl/N-ethyl adjacent to an activating group) is 1. The Morgan fingerprint density at radius 2 is 2.06 bits per heavy atom. The Labute approximate surface area is 104 Å². The summed E-state index contributed by atoms with van der Waals surface area (Å²) in [5, 5.41) is 3.54. The SMILES string of the molecule is CNC(C1=CCCC1)C1CC1c1ccccc1. The van der Waals surface area contributed by atoms with Crippen LogP contribution < -0.4 is 5.32 Å². The van der Waals surface area contributed by atoms with Crippen molar-refractivity contribution >= 4 is 0 Å². The lowest BCUT2D eigenvalue weighted by molar-refractivity contribution is 0.545. The highest BCUT2D eigenvalue weighted by molar-refractivity contribution is 5.30. The van der Waals surface area contributed by atoms with E-state index in [-0.39, 0.29) is 0 Å². The molecule has 0 saturated heterocycles. The molecule has 3 rings (SSSR count). The van der Waals surface area contributed by atoms with Crippen LogP contribution in [0.2, 0.25) is 0 Å². The molecule has 2 aliphatic carbocycles. The molecule has 1 heteroatoms. The second-order valence-electron chi connectivity index (χ2n) is 5.35. The van der Waals surface area contributed by atoms with Gasteiger partial charge in [0.25, 0.3) is 0 Å². The van der Waals surface area contributed by atoms with E-state index in [0.29, 0.717) is 6.04 Å². The zero-order valence-corrected chi connectivity index (χ0v) is 10.5. The van der Waals surface area contributed by atoms with E-state index in [9.17, 15) is 0 Å². The van der Waals surface area contributed by atoms with Gasteiger partial charge in [-0.15, -0.1) is 0 Å². The summed E-state index contributed by atoms with van der Waals surface area (Å²) < 4.78 is 0. The maximum absolute atomic E-state index is 3.54. The van der Waals surface area contributed by atoms with Crippen LogP contribution in [0.4, 0.5) is 0 Å². The maximum atomic E-state index is 3.54. The molecule has 17 heavy (non-hydrogen) atoms. The molecule has 2 aliphatic rings. The van der Waals surface area contributed by atoms with Crippen LogP contribution >= 0.6 is 0 Å². The number of rotatable bonds is 4. The Bertz CT molecular complexity index is 407. The molecule has 0 bridgehead atoms. The predicted octanol–water partition coefficient (Wildman–Crippen LogP) is 3.49. The topological polar surface area (TPSA) is 12.0 Å². The molecule has 3 atom stereocenters. The Hall–Kier alpha value is -1.08. The second-order valence-corrected chi connectivity index (χ2v) is 5.35. The first-order chi connectivity index (χ1) is 8.40. The molecular formula is C16H21N. The summed E-state index contributed by atoms with van der Waals surface area (Å²) in [6, 6.07) is 11.6. The Morgan fingerprint density at radius 1 is 1.24 bits per heavy atom. The number of nitrogens with one attached hydrogen (secondary N) is 1. The summed E-state index contributed by atoms with van der Waals surface area (Å²) in [5.41, 5.74) is 3.19. The molecule has 1 aromatic rings. The van der Waals surface area contributed by atoms with Crippen molar-refractivity contribution in [2.24, 2.45) is 5.92 Å². The van der Waals surface area contributed by atoms with Gasteiger partial charge < -0.3 is 5.32 Å². The van der Waals surface area contributed by atoms with E-state index in [0.717, 1.165) is 11.8 Å². The predicted molar refractivity (Wildman–Crippen MR) is 72.1 cm³/mol. The van der Waals surface area contributed by atoms with Gasteiger partial charge in [0, 0.05) is 6.04 Å². The molecule has 1 fully saturated rings. The van der Waals surface area contributed by atoms with Crippen LogP contribution in [0.5, 0.6) is 0 Å². The zero-order chi connectivity index (χ0) is 11.7. The summed E-state index contributed by atoms with van der Waals surface area (Å²) in [7, 11) is 2.12. The fourth-order valence-electron chi connectivity index (χ4n) is 3.32. The number of benzene rings is 1. The molecule has 0 spiro atoms. The first-order valence-electron chi connectivity index (χ1n) is 6.81. The van der Waals surface area contributed by atoms with Crippen LogP contribution in [-0.4, -0.2) is 13.1 Å². The van der Waals surface area contributed by atoms with Crippen molar-refractivity contribution in [1.29, 1.82) is 0 Å². The first-order valence-corrected chi connectivity index (χ1v) is 6.81. The van der Waals surface area contributed by atoms with E-state index in [1.165, 1.54) is 31.2 Å². The maximum Gasteiger partial charge on any atom is 0.0311 e. The molecule has 0 aromatic heterocycles. The number of hydrogen-bond acceptors (Lipinski definition) is 1. The Balaban J connectivity index is 1.70. The van der Waals surface area contributed by atoms with Crippen LogP contribution in [-0.2, 0) is 0 Å². The normalized spacial score (nSPS) is 28.9. The van der Waals surface area contributed by atoms with E-state index in [1.54, 1.807) is 5.57 Å². The summed E-state index contributed by atoms with van der Waals surface area (Å²) in [4.78, 5) is 0. The minimum Gasteiger partial charge on any atom is -0.313 e. The van der Waals surface area contributed by atoms with Crippen molar-refractivity contribution in [1.82, 2.24) is 5.32 Å². The summed E-state index contributed by atoms with van der Waals surface area (Å²) in [6.07, 6.45) is 7.77. The molecule has 0 heterocycles. The van der Waals surface area contributed by atoms with Gasteiger partial charge in [0.2, 0.25) is 0 Å². The van der Waals surface area contributed by atoms with E-state index < -0.39 is 0 Å². The van der Waals surface area contributed by atoms with E-state index in [4.69, 9.17) is 0 Å². The minimum atomic E-state index is 0.628. The van der Waals surface area contributed by atoms with E-state index in [2.05, 4.69) is 48.8 Å². The van der Waals surface area contributed by atoms with Crippen LogP contribution in [0.1, 0.15) is 37.2 Å². The molecule has 0 amide bonds. The third-order valence-corrected chi connectivity index (χ3v) is 4.28. The highest BCUT2D eigenvalue weighted by Gasteiger charge is 2.44. The van der Waals surface area contributed by atoms with Crippen LogP contribution in [0.25, 0.3) is 0 Å². The molecule has 1 N–H and O–H groups in total. The molecule has 0 aliphatic heterocycles. The lowest BCUT2D eigenvalue weighted by Crippen LogP contribution is -2.29. The standard InChI is InChI=1S/C16H21N/c1-17-16(13-9-5-6-10-13)15-11-14(15)12-7-3-2-4-8-12/h2-4,7-9,14-17H,5-6,10-11H2,1H3. The number of allylic oxidation sites excluding steroid dienone is 1. The average molecular weight is 227 g/mol. The van der Waals surface area contributed by atoms with Gasteiger partial charge in [-0.25, -0.2) is 0 Å². The number of hydrogen-bond donors (Lipinski definition) is 1. The van der Waals surface area contributed by atoms with Gasteiger partial charge in [-0.05, 0) is 50.1 Å². The second kappa shape index (κ2) is 4.66. The third-order valence-electron chi connectivity index (χ3n) is 4.28. The van der Waals surface area contributed by atoms with Gasteiger partial charge in [-0.3, -0.25) is 0 Å². The Kier molecular flexibility index (Phi) is 3.02. The molecule has 1 aromatic carbocycles. The van der Waals surface area contributed by atoms with Gasteiger partial charge in [0.05, 0.1) is 0 Å². The van der Waals surface area contributed by atoms with Crippen molar-refractivity contribution in [2.75, 3.05) is 7.05 Å². The largest absolute Gasteiger partial charge is 0.313 e. The van der Waals surface area contributed by atoms with Gasteiger partial charge in [-0.2, -0.15) is 0 Å². The van der Waals surface area contributed by atoms with Crippen molar-refractivity contribution < 1.29 is 0 Å². The minimum absolute atomic E-state index is 0.628. The summed E-state index contributed by atoms with van der Waals surface area (Å²) in [6.45, 7) is 0. The highest BCUT2D eigenvalue weighted by atomic mass is 14.9. The van der Waals surface area contributed by atoms with Gasteiger partial charge >= 0.3 is 0 Å². The highest BCUT2D eigenvalue weighted by Crippen LogP contribution is 2.51. The van der Waals surface area contributed by atoms with Gasteiger partial charge in [0.15, 0.2) is 0 Å². The molecular weight excluding hydrogens is 206 g/mol. The van der Waals surface area contributed by atoms with Crippen molar-refractivity contribution in [3.05, 3.63) is 47.5 Å². The summed E-state index contributed by atoms with van der Waals surface area (Å²) >= 11 is 0. The smallest absolute Gasteiger partial charge is 0.0311 e. The zero-order valence-electron chi connectivity index (χ0n) is 10.5. The van der Waals surface area contributed by atoms with Gasteiger partial charge in [0.1, 0.15) is 0 Å². The molecule has 90 valence electrons. The van der Waals surface area contributed by atoms with Crippen LogP contribution in [0.3, 0.4) is 0 Å². The fraction of sp³-hybridized carbons (Fsp3) is 0.500. The lowest BCUT2D eigenvalue weighted by atomic mass is 9.98. The fourth-order valence-corrected chi connectivity index (χ4v) is 3.32.